The van der Waals surface area contributed by atoms with Crippen molar-refractivity contribution >= 4 is 6.09 Å². The molecular formula is C37H63NO7. The van der Waals surface area contributed by atoms with Crippen LogP contribution >= 0.6 is 0 Å². The second-order valence-corrected chi connectivity index (χ2v) is 18.2. The molecule has 0 aromatic carbocycles. The Labute approximate surface area is 272 Å². The summed E-state index contributed by atoms with van der Waals surface area (Å²) in [5.74, 6) is 1.37. The van der Waals surface area contributed by atoms with E-state index in [9.17, 15) is 15.0 Å². The van der Waals surface area contributed by atoms with Crippen LogP contribution in [-0.2, 0) is 18.9 Å². The predicted molar refractivity (Wildman–Crippen MR) is 173 cm³/mol. The van der Waals surface area contributed by atoms with Gasteiger partial charge in [-0.15, -0.1) is 0 Å². The molecule has 0 spiro atoms. The van der Waals surface area contributed by atoms with E-state index in [0.29, 0.717) is 37.6 Å². The number of carbonyl (C=O) groups is 1. The van der Waals surface area contributed by atoms with E-state index in [1.54, 1.807) is 0 Å². The Morgan fingerprint density at radius 3 is 2.20 bits per heavy atom. The van der Waals surface area contributed by atoms with Crippen molar-refractivity contribution in [1.29, 1.82) is 0 Å². The van der Waals surface area contributed by atoms with Gasteiger partial charge in [-0.3, -0.25) is 0 Å². The van der Waals surface area contributed by atoms with Crippen LogP contribution in [0.4, 0.5) is 4.79 Å². The van der Waals surface area contributed by atoms with Gasteiger partial charge in [-0.1, -0.05) is 48.5 Å². The molecule has 8 heteroatoms. The molecule has 8 nitrogen and oxygen atoms in total. The molecule has 6 aliphatic rings. The molecule has 13 atom stereocenters. The highest BCUT2D eigenvalue weighted by Crippen LogP contribution is 2.79. The molecule has 0 radical (unpaired) electrons. The fourth-order valence-corrected chi connectivity index (χ4v) is 12.9. The molecule has 1 amide bonds. The van der Waals surface area contributed by atoms with Crippen molar-refractivity contribution in [2.45, 2.75) is 156 Å². The minimum atomic E-state index is -1.04. The quantitative estimate of drug-likeness (QED) is 0.324. The van der Waals surface area contributed by atoms with E-state index < -0.39 is 17.8 Å². The van der Waals surface area contributed by atoms with Gasteiger partial charge < -0.3 is 34.5 Å². The lowest BCUT2D eigenvalue weighted by molar-refractivity contribution is -0.256. The molecule has 2 saturated heterocycles. The van der Waals surface area contributed by atoms with Gasteiger partial charge in [-0.05, 0) is 106 Å². The van der Waals surface area contributed by atoms with Crippen molar-refractivity contribution < 1.29 is 34.0 Å². The minimum absolute atomic E-state index is 0.0377. The molecule has 45 heavy (non-hydrogen) atoms. The number of fused-ring (bicyclic) bond motifs is 7. The van der Waals surface area contributed by atoms with Crippen LogP contribution in [0.5, 0.6) is 0 Å². The fourth-order valence-electron chi connectivity index (χ4n) is 12.9. The van der Waals surface area contributed by atoms with E-state index in [0.717, 1.165) is 44.9 Å². The number of hydrogen-bond acceptors (Lipinski definition) is 7. The number of nitrogens with one attached hydrogen (secondary N) is 1. The summed E-state index contributed by atoms with van der Waals surface area (Å²) in [5, 5.41) is 26.6. The summed E-state index contributed by atoms with van der Waals surface area (Å²) in [6, 6.07) is 0.0600. The number of amides is 1. The first-order valence-corrected chi connectivity index (χ1v) is 18.1. The van der Waals surface area contributed by atoms with Gasteiger partial charge in [0.15, 0.2) is 0 Å². The number of alkyl carbamates (subject to hydrolysis) is 1. The highest BCUT2D eigenvalue weighted by Gasteiger charge is 2.77. The van der Waals surface area contributed by atoms with Gasteiger partial charge >= 0.3 is 6.09 Å². The van der Waals surface area contributed by atoms with E-state index in [1.165, 1.54) is 0 Å². The average Bonchev–Trinajstić information content (AvgIpc) is 3.10. The Morgan fingerprint density at radius 2 is 1.60 bits per heavy atom. The predicted octanol–water partition coefficient (Wildman–Crippen LogP) is 6.11. The molecule has 6 rings (SSSR count). The maximum atomic E-state index is 12.8. The summed E-state index contributed by atoms with van der Waals surface area (Å²) in [5.41, 5.74) is -1.45. The van der Waals surface area contributed by atoms with Crippen LogP contribution in [0.15, 0.2) is 0 Å². The monoisotopic (exact) mass is 633 g/mol. The van der Waals surface area contributed by atoms with E-state index >= 15 is 0 Å². The summed E-state index contributed by atoms with van der Waals surface area (Å²) in [6.07, 6.45) is 5.05. The van der Waals surface area contributed by atoms with Crippen LogP contribution in [0, 0.1) is 50.7 Å². The number of carbonyl (C=O) groups excluding carboxylic acids is 1. The Bertz CT molecular complexity index is 1130. The van der Waals surface area contributed by atoms with Crippen LogP contribution < -0.4 is 5.32 Å². The third-order valence-electron chi connectivity index (χ3n) is 15.5. The fraction of sp³-hybridized carbons (Fsp3) is 0.973. The molecule has 0 aromatic heterocycles. The first kappa shape index (κ1) is 34.0. The molecule has 2 aliphatic heterocycles. The van der Waals surface area contributed by atoms with Crippen molar-refractivity contribution in [3.63, 3.8) is 0 Å². The van der Waals surface area contributed by atoms with Crippen LogP contribution in [0.25, 0.3) is 0 Å². The normalized spacial score (nSPS) is 49.9. The first-order chi connectivity index (χ1) is 20.9. The SMILES string of the molecule is CCO[C@@H]([C@H]1C[C@@H](C)[C@H]2[C@H](O1)[C@H](O)[C@@]1(C)[C@@H]3CC[C@H]4C(C)(C)[C@@H](OC(=O)NC5COC5)CC[C@]4(C)[C@]3(C)CC[C@]21C)C(C)(C)O. The Balaban J connectivity index is 1.28. The highest BCUT2D eigenvalue weighted by molar-refractivity contribution is 5.68. The molecule has 0 bridgehead atoms. The van der Waals surface area contributed by atoms with Crippen LogP contribution in [0.1, 0.15) is 114 Å². The molecule has 4 aliphatic carbocycles. The van der Waals surface area contributed by atoms with Gasteiger partial charge in [0.1, 0.15) is 12.2 Å². The smallest absolute Gasteiger partial charge is 0.407 e. The van der Waals surface area contributed by atoms with Crippen LogP contribution in [0.2, 0.25) is 0 Å². The molecule has 3 N–H and O–H groups in total. The average molecular weight is 634 g/mol. The maximum Gasteiger partial charge on any atom is 0.407 e. The van der Waals surface area contributed by atoms with Gasteiger partial charge in [0.25, 0.3) is 0 Å². The maximum absolute atomic E-state index is 12.8. The van der Waals surface area contributed by atoms with Gasteiger partial charge in [0, 0.05) is 17.4 Å². The van der Waals surface area contributed by atoms with Crippen molar-refractivity contribution in [3.8, 4) is 0 Å². The highest BCUT2D eigenvalue weighted by atomic mass is 16.6. The Hall–Kier alpha value is -0.930. The summed E-state index contributed by atoms with van der Waals surface area (Å²) in [4.78, 5) is 12.8. The zero-order valence-electron chi connectivity index (χ0n) is 29.8. The molecule has 6 fully saturated rings. The van der Waals surface area contributed by atoms with Crippen molar-refractivity contribution in [2.24, 2.45) is 50.7 Å². The summed E-state index contributed by atoms with van der Waals surface area (Å²) >= 11 is 0. The molecular weight excluding hydrogens is 570 g/mol. The minimum Gasteiger partial charge on any atom is -0.446 e. The molecule has 0 aromatic rings. The van der Waals surface area contributed by atoms with Crippen molar-refractivity contribution in [1.82, 2.24) is 5.32 Å². The van der Waals surface area contributed by atoms with Crippen molar-refractivity contribution in [2.75, 3.05) is 19.8 Å². The van der Waals surface area contributed by atoms with Gasteiger partial charge in [-0.25, -0.2) is 4.79 Å². The molecule has 0 unspecified atom stereocenters. The Kier molecular flexibility index (Phi) is 8.33. The summed E-state index contributed by atoms with van der Waals surface area (Å²) in [6.45, 7) is 24.1. The number of hydrogen-bond donors (Lipinski definition) is 3. The van der Waals surface area contributed by atoms with E-state index in [1.807, 2.05) is 20.8 Å². The number of aliphatic hydroxyl groups excluding tert-OH is 1. The summed E-state index contributed by atoms with van der Waals surface area (Å²) in [7, 11) is 0. The molecule has 258 valence electrons. The second kappa shape index (κ2) is 11.0. The number of rotatable bonds is 6. The third-order valence-corrected chi connectivity index (χ3v) is 15.5. The number of ether oxygens (including phenoxy) is 4. The lowest BCUT2D eigenvalue weighted by Crippen LogP contribution is -2.67. The third kappa shape index (κ3) is 4.72. The van der Waals surface area contributed by atoms with Gasteiger partial charge in [-0.2, -0.15) is 0 Å². The first-order valence-electron chi connectivity index (χ1n) is 18.1. The summed E-state index contributed by atoms with van der Waals surface area (Å²) < 4.78 is 24.4. The lowest BCUT2D eigenvalue weighted by atomic mass is 9.32. The van der Waals surface area contributed by atoms with Crippen LogP contribution in [0.3, 0.4) is 0 Å². The lowest BCUT2D eigenvalue weighted by Gasteiger charge is -2.72. The zero-order valence-corrected chi connectivity index (χ0v) is 29.8. The van der Waals surface area contributed by atoms with E-state index in [-0.39, 0.29) is 63.4 Å². The van der Waals surface area contributed by atoms with Gasteiger partial charge in [0.05, 0.1) is 43.2 Å². The van der Waals surface area contributed by atoms with Crippen LogP contribution in [-0.4, -0.2) is 78.3 Å². The standard InChI is InChI=1S/C37H63NO7/c1-11-43-30(33(5,6)41)23-18-21(2)27-28(44-23)29(39)37(10)25-13-12-24-32(3,4)26(45-31(40)38-22-19-42-20-22)14-15-34(24,7)35(25,8)16-17-36(27,37)9/h21-30,39,41H,11-20H2,1-10H3,(H,38,40)/t21-,23-,24+,25-,26+,27+,28+,29+,30+,34+,35-,36-,37-/m1/s1. The van der Waals surface area contributed by atoms with Crippen molar-refractivity contribution in [3.05, 3.63) is 0 Å². The van der Waals surface area contributed by atoms with Gasteiger partial charge in [0.2, 0.25) is 0 Å². The molecule has 4 saturated carbocycles. The number of aliphatic hydroxyl groups is 2. The second-order valence-electron chi connectivity index (χ2n) is 18.2. The zero-order chi connectivity index (χ0) is 33.0. The Morgan fingerprint density at radius 1 is 0.978 bits per heavy atom. The van der Waals surface area contributed by atoms with E-state index in [4.69, 9.17) is 18.9 Å². The largest absolute Gasteiger partial charge is 0.446 e. The van der Waals surface area contributed by atoms with E-state index in [2.05, 4.69) is 53.8 Å². The topological polar surface area (TPSA) is 106 Å². The molecule has 2 heterocycles.